The van der Waals surface area contributed by atoms with Crippen LogP contribution < -0.4 is 15.4 Å². The van der Waals surface area contributed by atoms with Crippen molar-refractivity contribution in [1.29, 1.82) is 0 Å². The second kappa shape index (κ2) is 11.9. The number of aryl methyl sites for hydroxylation is 1. The number of aliphatic hydroxyl groups is 1. The van der Waals surface area contributed by atoms with Gasteiger partial charge in [-0.25, -0.2) is 0 Å². The average molecular weight is 376 g/mol. The highest BCUT2D eigenvalue weighted by molar-refractivity contribution is 5.79. The third-order valence-electron chi connectivity index (χ3n) is 5.54. The summed E-state index contributed by atoms with van der Waals surface area (Å²) in [6.45, 7) is 4.90. The monoisotopic (exact) mass is 375 g/mol. The molecule has 0 aromatic heterocycles. The molecule has 1 saturated carbocycles. The number of methoxy groups -OCH3 is 1. The molecule has 0 unspecified atom stereocenters. The maximum Gasteiger partial charge on any atom is 0.191 e. The van der Waals surface area contributed by atoms with Gasteiger partial charge in [0.15, 0.2) is 5.96 Å². The van der Waals surface area contributed by atoms with E-state index in [9.17, 15) is 5.11 Å². The van der Waals surface area contributed by atoms with Crippen molar-refractivity contribution in [3.05, 3.63) is 29.8 Å². The smallest absolute Gasteiger partial charge is 0.191 e. The van der Waals surface area contributed by atoms with Crippen LogP contribution in [0.5, 0.6) is 5.75 Å². The van der Waals surface area contributed by atoms with Gasteiger partial charge in [-0.1, -0.05) is 31.4 Å². The summed E-state index contributed by atoms with van der Waals surface area (Å²) in [6.07, 6.45) is 9.14. The molecule has 1 aliphatic carbocycles. The van der Waals surface area contributed by atoms with Crippen LogP contribution in [0.25, 0.3) is 0 Å². The van der Waals surface area contributed by atoms with E-state index in [1.807, 2.05) is 12.1 Å². The SMILES string of the molecule is CCNC(=NCC1(CCO)CCCCC1)NCCCc1cccc(OC)c1. The van der Waals surface area contributed by atoms with Crippen molar-refractivity contribution in [2.45, 2.75) is 58.3 Å². The van der Waals surface area contributed by atoms with Gasteiger partial charge in [-0.15, -0.1) is 0 Å². The highest BCUT2D eigenvalue weighted by atomic mass is 16.5. The molecule has 0 radical (unpaired) electrons. The van der Waals surface area contributed by atoms with E-state index in [0.29, 0.717) is 0 Å². The highest BCUT2D eigenvalue weighted by Crippen LogP contribution is 2.39. The normalized spacial score (nSPS) is 16.8. The van der Waals surface area contributed by atoms with Crippen molar-refractivity contribution in [3.63, 3.8) is 0 Å². The Balaban J connectivity index is 1.83. The van der Waals surface area contributed by atoms with Gasteiger partial charge in [-0.05, 0) is 62.1 Å². The van der Waals surface area contributed by atoms with Gasteiger partial charge in [0.1, 0.15) is 5.75 Å². The van der Waals surface area contributed by atoms with Crippen LogP contribution in [0, 0.1) is 5.41 Å². The summed E-state index contributed by atoms with van der Waals surface area (Å²) in [4.78, 5) is 4.86. The van der Waals surface area contributed by atoms with E-state index in [1.165, 1.54) is 37.7 Å². The molecule has 152 valence electrons. The second-order valence-electron chi connectivity index (χ2n) is 7.61. The maximum atomic E-state index is 9.48. The zero-order valence-corrected chi connectivity index (χ0v) is 17.1. The Hall–Kier alpha value is -1.75. The molecule has 0 amide bonds. The van der Waals surface area contributed by atoms with E-state index in [-0.39, 0.29) is 12.0 Å². The topological polar surface area (TPSA) is 65.9 Å². The quantitative estimate of drug-likeness (QED) is 0.333. The van der Waals surface area contributed by atoms with Crippen LogP contribution in [0.4, 0.5) is 0 Å². The van der Waals surface area contributed by atoms with Crippen molar-refractivity contribution in [3.8, 4) is 5.75 Å². The molecular weight excluding hydrogens is 338 g/mol. The van der Waals surface area contributed by atoms with Crippen LogP contribution >= 0.6 is 0 Å². The molecule has 1 aliphatic rings. The third-order valence-corrected chi connectivity index (χ3v) is 5.54. The van der Waals surface area contributed by atoms with Gasteiger partial charge in [0.25, 0.3) is 0 Å². The van der Waals surface area contributed by atoms with E-state index in [0.717, 1.165) is 50.6 Å². The minimum absolute atomic E-state index is 0.190. The zero-order valence-electron chi connectivity index (χ0n) is 17.1. The van der Waals surface area contributed by atoms with Gasteiger partial charge >= 0.3 is 0 Å². The number of hydrogen-bond donors (Lipinski definition) is 3. The van der Waals surface area contributed by atoms with Crippen LogP contribution in [-0.2, 0) is 6.42 Å². The minimum Gasteiger partial charge on any atom is -0.497 e. The minimum atomic E-state index is 0.190. The highest BCUT2D eigenvalue weighted by Gasteiger charge is 2.31. The summed E-state index contributed by atoms with van der Waals surface area (Å²) < 4.78 is 5.29. The number of hydrogen-bond acceptors (Lipinski definition) is 3. The van der Waals surface area contributed by atoms with Gasteiger partial charge in [-0.3, -0.25) is 4.99 Å². The largest absolute Gasteiger partial charge is 0.497 e. The molecule has 3 N–H and O–H groups in total. The van der Waals surface area contributed by atoms with Crippen LogP contribution in [0.15, 0.2) is 29.3 Å². The van der Waals surface area contributed by atoms with Gasteiger partial charge in [0, 0.05) is 26.2 Å². The first-order chi connectivity index (χ1) is 13.2. The molecule has 0 heterocycles. The fraction of sp³-hybridized carbons (Fsp3) is 0.682. The molecule has 1 aromatic rings. The van der Waals surface area contributed by atoms with Crippen LogP contribution in [0.2, 0.25) is 0 Å². The first-order valence-corrected chi connectivity index (χ1v) is 10.5. The maximum absolute atomic E-state index is 9.48. The van der Waals surface area contributed by atoms with Crippen LogP contribution in [0.3, 0.4) is 0 Å². The first-order valence-electron chi connectivity index (χ1n) is 10.5. The molecule has 0 spiro atoms. The molecular formula is C22H37N3O2. The Kier molecular flexibility index (Phi) is 9.46. The van der Waals surface area contributed by atoms with Crippen molar-refractivity contribution >= 4 is 5.96 Å². The number of ether oxygens (including phenoxy) is 1. The fourth-order valence-electron chi connectivity index (χ4n) is 3.94. The standard InChI is InChI=1S/C22H37N3O2/c1-3-23-21(25-18-22(14-16-26)12-5-4-6-13-22)24-15-8-10-19-9-7-11-20(17-19)27-2/h7,9,11,17,26H,3-6,8,10,12-16,18H2,1-2H3,(H2,23,24,25). The van der Waals surface area contributed by atoms with Crippen molar-refractivity contribution in [1.82, 2.24) is 10.6 Å². The van der Waals surface area contributed by atoms with Crippen molar-refractivity contribution in [2.24, 2.45) is 10.4 Å². The Morgan fingerprint density at radius 2 is 2.04 bits per heavy atom. The Bertz CT molecular complexity index is 563. The summed E-state index contributed by atoms with van der Waals surface area (Å²) >= 11 is 0. The number of aliphatic imine (C=N–C) groups is 1. The van der Waals surface area contributed by atoms with Crippen LogP contribution in [-0.4, -0.2) is 44.4 Å². The van der Waals surface area contributed by atoms with E-state index < -0.39 is 0 Å². The number of nitrogens with one attached hydrogen (secondary N) is 2. The molecule has 1 aromatic carbocycles. The molecule has 27 heavy (non-hydrogen) atoms. The average Bonchev–Trinajstić information content (AvgIpc) is 2.70. The molecule has 5 heteroatoms. The lowest BCUT2D eigenvalue weighted by atomic mass is 9.72. The summed E-state index contributed by atoms with van der Waals surface area (Å²) in [5, 5.41) is 16.3. The molecule has 0 aliphatic heterocycles. The number of rotatable bonds is 10. The molecule has 2 rings (SSSR count). The second-order valence-corrected chi connectivity index (χ2v) is 7.61. The third kappa shape index (κ3) is 7.41. The summed E-state index contributed by atoms with van der Waals surface area (Å²) in [6, 6.07) is 8.26. The van der Waals surface area contributed by atoms with Gasteiger partial charge in [-0.2, -0.15) is 0 Å². The van der Waals surface area contributed by atoms with E-state index in [2.05, 4.69) is 29.7 Å². The number of aliphatic hydroxyl groups excluding tert-OH is 1. The molecule has 0 saturated heterocycles. The molecule has 0 atom stereocenters. The Labute approximate surface area is 164 Å². The van der Waals surface area contributed by atoms with Gasteiger partial charge in [0.2, 0.25) is 0 Å². The summed E-state index contributed by atoms with van der Waals surface area (Å²) in [5.41, 5.74) is 1.48. The Morgan fingerprint density at radius 3 is 2.74 bits per heavy atom. The zero-order chi connectivity index (χ0) is 19.4. The molecule has 5 nitrogen and oxygen atoms in total. The lowest BCUT2D eigenvalue weighted by Crippen LogP contribution is -2.39. The van der Waals surface area contributed by atoms with Gasteiger partial charge in [0.05, 0.1) is 7.11 Å². The van der Waals surface area contributed by atoms with Gasteiger partial charge < -0.3 is 20.5 Å². The lowest BCUT2D eigenvalue weighted by Gasteiger charge is -2.35. The number of nitrogens with zero attached hydrogens (tertiary/aromatic N) is 1. The summed E-state index contributed by atoms with van der Waals surface area (Å²) in [7, 11) is 1.70. The predicted molar refractivity (Wildman–Crippen MR) is 113 cm³/mol. The van der Waals surface area contributed by atoms with Crippen molar-refractivity contribution < 1.29 is 9.84 Å². The Morgan fingerprint density at radius 1 is 1.22 bits per heavy atom. The lowest BCUT2D eigenvalue weighted by molar-refractivity contribution is 0.137. The first kappa shape index (κ1) is 21.5. The number of benzene rings is 1. The number of guanidine groups is 1. The fourth-order valence-corrected chi connectivity index (χ4v) is 3.94. The predicted octanol–water partition coefficient (Wildman–Crippen LogP) is 3.52. The van der Waals surface area contributed by atoms with E-state index in [1.54, 1.807) is 7.11 Å². The van der Waals surface area contributed by atoms with Crippen LogP contribution in [0.1, 0.15) is 57.4 Å². The van der Waals surface area contributed by atoms with E-state index >= 15 is 0 Å². The molecule has 0 bridgehead atoms. The summed E-state index contributed by atoms with van der Waals surface area (Å²) in [5.74, 6) is 1.81. The van der Waals surface area contributed by atoms with Crippen molar-refractivity contribution in [2.75, 3.05) is 33.4 Å². The van der Waals surface area contributed by atoms with E-state index in [4.69, 9.17) is 9.73 Å². The molecule has 1 fully saturated rings.